The molecule has 27 heavy (non-hydrogen) atoms. The van der Waals surface area contributed by atoms with Crippen LogP contribution < -0.4 is 10.1 Å². The average molecular weight is 394 g/mol. The summed E-state index contributed by atoms with van der Waals surface area (Å²) >= 11 is 0. The third-order valence-electron chi connectivity index (χ3n) is 5.16. The highest BCUT2D eigenvalue weighted by Gasteiger charge is 2.51. The number of hydrogen-bond acceptors (Lipinski definition) is 5. The number of nitrogens with one attached hydrogen (secondary N) is 1. The smallest absolute Gasteiger partial charge is 0.228 e. The van der Waals surface area contributed by atoms with Crippen LogP contribution in [-0.4, -0.2) is 55.8 Å². The van der Waals surface area contributed by atoms with Gasteiger partial charge in [-0.1, -0.05) is 12.1 Å². The zero-order valence-electron chi connectivity index (χ0n) is 15.7. The Bertz CT molecular complexity index is 823. The molecular weight excluding hydrogens is 368 g/mol. The topological polar surface area (TPSA) is 92.8 Å². The van der Waals surface area contributed by atoms with Gasteiger partial charge in [0.25, 0.3) is 0 Å². The number of sulfone groups is 1. The third-order valence-corrected chi connectivity index (χ3v) is 6.91. The first kappa shape index (κ1) is 19.7. The zero-order chi connectivity index (χ0) is 19.6. The summed E-state index contributed by atoms with van der Waals surface area (Å²) < 4.78 is 28.9. The summed E-state index contributed by atoms with van der Waals surface area (Å²) in [4.78, 5) is 27.0. The van der Waals surface area contributed by atoms with E-state index in [9.17, 15) is 18.0 Å². The lowest BCUT2D eigenvalue weighted by Crippen LogP contribution is -2.42. The van der Waals surface area contributed by atoms with Crippen LogP contribution in [0.3, 0.4) is 0 Å². The van der Waals surface area contributed by atoms with Crippen LogP contribution in [0.15, 0.2) is 24.3 Å². The van der Waals surface area contributed by atoms with Crippen molar-refractivity contribution in [2.75, 3.05) is 30.0 Å². The number of benzene rings is 1. The molecule has 0 spiro atoms. The van der Waals surface area contributed by atoms with Gasteiger partial charge >= 0.3 is 0 Å². The summed E-state index contributed by atoms with van der Waals surface area (Å²) in [5.41, 5.74) is 0.594. The molecule has 0 aromatic heterocycles. The Morgan fingerprint density at radius 1 is 1.22 bits per heavy atom. The minimum Gasteiger partial charge on any atom is -0.492 e. The number of carbonyl (C=O) groups excluding carboxylic acids is 2. The molecule has 1 aliphatic heterocycles. The molecule has 1 heterocycles. The molecule has 8 heteroatoms. The zero-order valence-corrected chi connectivity index (χ0v) is 16.5. The monoisotopic (exact) mass is 394 g/mol. The second kappa shape index (κ2) is 7.88. The van der Waals surface area contributed by atoms with Gasteiger partial charge in [0.15, 0.2) is 9.84 Å². The molecule has 2 aliphatic rings. The highest BCUT2D eigenvalue weighted by Crippen LogP contribution is 2.42. The minimum atomic E-state index is -3.06. The molecule has 1 saturated heterocycles. The molecule has 1 saturated carbocycles. The predicted octanol–water partition coefficient (Wildman–Crippen LogP) is 1.70. The van der Waals surface area contributed by atoms with Crippen molar-refractivity contribution >= 4 is 27.3 Å². The van der Waals surface area contributed by atoms with E-state index in [1.54, 1.807) is 17.0 Å². The lowest BCUT2D eigenvalue weighted by Gasteiger charge is -2.27. The Morgan fingerprint density at radius 3 is 2.59 bits per heavy atom. The number of rotatable bonds is 7. The van der Waals surface area contributed by atoms with Gasteiger partial charge in [0.05, 0.1) is 35.6 Å². The minimum absolute atomic E-state index is 0.0257. The number of carbonyl (C=O) groups is 2. The van der Waals surface area contributed by atoms with Crippen LogP contribution in [0.5, 0.6) is 5.75 Å². The van der Waals surface area contributed by atoms with Crippen LogP contribution in [0, 0.1) is 11.8 Å². The Morgan fingerprint density at radius 2 is 1.96 bits per heavy atom. The van der Waals surface area contributed by atoms with Crippen molar-refractivity contribution in [1.82, 2.24) is 4.90 Å². The Balaban J connectivity index is 1.61. The van der Waals surface area contributed by atoms with Crippen molar-refractivity contribution in [2.24, 2.45) is 11.8 Å². The fourth-order valence-electron chi connectivity index (χ4n) is 3.66. The van der Waals surface area contributed by atoms with Crippen molar-refractivity contribution < 1.29 is 22.7 Å². The number of amides is 2. The molecule has 1 aromatic rings. The van der Waals surface area contributed by atoms with Crippen molar-refractivity contribution in [2.45, 2.75) is 32.7 Å². The number of anilines is 1. The highest BCUT2D eigenvalue weighted by atomic mass is 32.2. The summed E-state index contributed by atoms with van der Waals surface area (Å²) in [6.07, 6.45) is 0.977. The van der Waals surface area contributed by atoms with Gasteiger partial charge in [-0.15, -0.1) is 0 Å². The van der Waals surface area contributed by atoms with Crippen LogP contribution in [0.1, 0.15) is 26.7 Å². The first-order chi connectivity index (χ1) is 12.9. The molecule has 1 N–H and O–H groups in total. The lowest BCUT2D eigenvalue weighted by atomic mass is 10.1. The predicted molar refractivity (Wildman–Crippen MR) is 102 cm³/mol. The van der Waals surface area contributed by atoms with E-state index in [4.69, 9.17) is 4.74 Å². The first-order valence-corrected chi connectivity index (χ1v) is 11.2. The molecule has 1 aliphatic carbocycles. The number of para-hydroxylation sites is 2. The Kier molecular flexibility index (Phi) is 5.74. The van der Waals surface area contributed by atoms with E-state index >= 15 is 0 Å². The normalized spacial score (nSPS) is 25.6. The molecule has 2 amide bonds. The van der Waals surface area contributed by atoms with Crippen molar-refractivity contribution in [1.29, 1.82) is 0 Å². The number of hydrogen-bond donors (Lipinski definition) is 1. The standard InChI is InChI=1S/C19H26N2O5S/c1-3-21(13-9-10-27(24,25)12-13)19(23)15-11-14(15)18(22)20-16-7-5-6-8-17(16)26-4-2/h5-8,13-15H,3-4,9-12H2,1-2H3,(H,20,22). The molecule has 1 aromatic carbocycles. The van der Waals surface area contributed by atoms with Crippen LogP contribution in [-0.2, 0) is 19.4 Å². The van der Waals surface area contributed by atoms with E-state index in [-0.39, 0.29) is 41.2 Å². The van der Waals surface area contributed by atoms with Crippen LogP contribution in [0.25, 0.3) is 0 Å². The molecule has 7 nitrogen and oxygen atoms in total. The molecular formula is C19H26N2O5S. The molecule has 0 radical (unpaired) electrons. The van der Waals surface area contributed by atoms with Gasteiger partial charge in [0, 0.05) is 12.6 Å². The van der Waals surface area contributed by atoms with Crippen LogP contribution in [0.2, 0.25) is 0 Å². The third kappa shape index (κ3) is 4.43. The fourth-order valence-corrected chi connectivity index (χ4v) is 5.39. The van der Waals surface area contributed by atoms with Gasteiger partial charge in [-0.3, -0.25) is 9.59 Å². The van der Waals surface area contributed by atoms with Crippen LogP contribution >= 0.6 is 0 Å². The first-order valence-electron chi connectivity index (χ1n) is 9.40. The van der Waals surface area contributed by atoms with E-state index < -0.39 is 9.84 Å². The maximum atomic E-state index is 12.8. The Hall–Kier alpha value is -2.09. The number of nitrogens with zero attached hydrogens (tertiary/aromatic N) is 1. The van der Waals surface area contributed by atoms with Crippen molar-refractivity contribution in [3.05, 3.63) is 24.3 Å². The molecule has 3 atom stereocenters. The number of ether oxygens (including phenoxy) is 1. The highest BCUT2D eigenvalue weighted by molar-refractivity contribution is 7.91. The van der Waals surface area contributed by atoms with Gasteiger partial charge in [-0.25, -0.2) is 8.42 Å². The van der Waals surface area contributed by atoms with E-state index in [1.165, 1.54) is 0 Å². The molecule has 3 rings (SSSR count). The largest absolute Gasteiger partial charge is 0.492 e. The summed E-state index contributed by atoms with van der Waals surface area (Å²) in [6.45, 7) is 4.67. The lowest BCUT2D eigenvalue weighted by molar-refractivity contribution is -0.135. The van der Waals surface area contributed by atoms with E-state index in [1.807, 2.05) is 26.0 Å². The van der Waals surface area contributed by atoms with Crippen LogP contribution in [0.4, 0.5) is 5.69 Å². The summed E-state index contributed by atoms with van der Waals surface area (Å²) in [5, 5.41) is 2.85. The maximum absolute atomic E-state index is 12.8. The molecule has 148 valence electrons. The van der Waals surface area contributed by atoms with Crippen molar-refractivity contribution in [3.8, 4) is 5.75 Å². The fraction of sp³-hybridized carbons (Fsp3) is 0.579. The van der Waals surface area contributed by atoms with Gasteiger partial charge < -0.3 is 15.0 Å². The second-order valence-electron chi connectivity index (χ2n) is 7.05. The Labute approximate surface area is 160 Å². The molecule has 3 unspecified atom stereocenters. The molecule has 0 bridgehead atoms. The maximum Gasteiger partial charge on any atom is 0.228 e. The van der Waals surface area contributed by atoms with Gasteiger partial charge in [0.2, 0.25) is 11.8 Å². The van der Waals surface area contributed by atoms with Gasteiger partial charge in [-0.05, 0) is 38.8 Å². The second-order valence-corrected chi connectivity index (χ2v) is 9.28. The van der Waals surface area contributed by atoms with Crippen molar-refractivity contribution in [3.63, 3.8) is 0 Å². The SMILES string of the molecule is CCOc1ccccc1NC(=O)C1CC1C(=O)N(CC)C1CCS(=O)(=O)C1. The van der Waals surface area contributed by atoms with E-state index in [0.29, 0.717) is 37.4 Å². The van der Waals surface area contributed by atoms with Gasteiger partial charge in [-0.2, -0.15) is 0 Å². The quantitative estimate of drug-likeness (QED) is 0.760. The summed E-state index contributed by atoms with van der Waals surface area (Å²) in [6, 6.07) is 6.93. The average Bonchev–Trinajstić information content (AvgIpc) is 3.35. The van der Waals surface area contributed by atoms with E-state index in [0.717, 1.165) is 0 Å². The summed E-state index contributed by atoms with van der Waals surface area (Å²) in [5.74, 6) is -0.300. The summed E-state index contributed by atoms with van der Waals surface area (Å²) in [7, 11) is -3.06. The van der Waals surface area contributed by atoms with Gasteiger partial charge in [0.1, 0.15) is 5.75 Å². The van der Waals surface area contributed by atoms with E-state index in [2.05, 4.69) is 5.32 Å². The molecule has 2 fully saturated rings.